The molecule has 53 heavy (non-hydrogen) atoms. The highest BCUT2D eigenvalue weighted by Gasteiger charge is 2.58. The zero-order valence-corrected chi connectivity index (χ0v) is 32.0. The third-order valence-electron chi connectivity index (χ3n) is 10.7. The van der Waals surface area contributed by atoms with Crippen molar-refractivity contribution < 1.29 is 33.8 Å². The van der Waals surface area contributed by atoms with Crippen LogP contribution in [0.4, 0.5) is 4.79 Å². The SMILES string of the molecule is CSCC[C@@H](NC(=O)[C@H](Cc1ccc(O)cc1)NC(=O)OC(C)(C)C)C(=O)NCC(=O)N[C@@H](Cc1ccccc1)C(=O)C1C2CC3CC(C2)CC1(N)C3. The molecule has 12 nitrogen and oxygen atoms in total. The monoisotopic (exact) mass is 749 g/mol. The van der Waals surface area contributed by atoms with Crippen LogP contribution < -0.4 is 27.0 Å². The fourth-order valence-corrected chi connectivity index (χ4v) is 9.22. The molecule has 0 heterocycles. The predicted octanol–water partition coefficient (Wildman–Crippen LogP) is 3.63. The Morgan fingerprint density at radius 1 is 0.849 bits per heavy atom. The molecule has 6 rings (SSSR count). The van der Waals surface area contributed by atoms with Crippen molar-refractivity contribution in [3.8, 4) is 5.75 Å². The van der Waals surface area contributed by atoms with E-state index in [-0.39, 0.29) is 36.2 Å². The lowest BCUT2D eigenvalue weighted by Crippen LogP contribution is -2.66. The molecule has 0 saturated heterocycles. The number of carbonyl (C=O) groups is 5. The number of nitrogens with two attached hydrogens (primary N) is 1. The van der Waals surface area contributed by atoms with Crippen LogP contribution in [-0.2, 0) is 36.8 Å². The van der Waals surface area contributed by atoms with E-state index < -0.39 is 59.6 Å². The minimum Gasteiger partial charge on any atom is -0.508 e. The van der Waals surface area contributed by atoms with E-state index in [0.29, 0.717) is 29.6 Å². The third kappa shape index (κ3) is 11.0. The van der Waals surface area contributed by atoms with E-state index in [9.17, 15) is 29.1 Å². The average molecular weight is 750 g/mol. The average Bonchev–Trinajstić information content (AvgIpc) is 3.08. The van der Waals surface area contributed by atoms with Crippen LogP contribution in [0.3, 0.4) is 0 Å². The molecule has 4 bridgehead atoms. The summed E-state index contributed by atoms with van der Waals surface area (Å²) in [6.07, 6.45) is 6.58. The molecule has 4 fully saturated rings. The van der Waals surface area contributed by atoms with Crippen LogP contribution in [0.5, 0.6) is 5.75 Å². The molecule has 0 radical (unpaired) electrons. The van der Waals surface area contributed by atoms with Crippen LogP contribution in [0.25, 0.3) is 0 Å². The van der Waals surface area contributed by atoms with Crippen LogP contribution >= 0.6 is 11.8 Å². The minimum absolute atomic E-state index is 0.0397. The van der Waals surface area contributed by atoms with Crippen molar-refractivity contribution in [2.45, 2.75) is 101 Å². The molecule has 2 aromatic rings. The van der Waals surface area contributed by atoms with Crippen LogP contribution in [0.1, 0.15) is 70.4 Å². The van der Waals surface area contributed by atoms with Crippen molar-refractivity contribution >= 4 is 41.4 Å². The number of ether oxygens (including phenoxy) is 1. The molecule has 4 amide bonds. The zero-order chi connectivity index (χ0) is 38.3. The fraction of sp³-hybridized carbons (Fsp3) is 0.575. The van der Waals surface area contributed by atoms with E-state index in [2.05, 4.69) is 21.3 Å². The van der Waals surface area contributed by atoms with Crippen molar-refractivity contribution in [1.29, 1.82) is 0 Å². The summed E-state index contributed by atoms with van der Waals surface area (Å²) in [4.78, 5) is 67.7. The van der Waals surface area contributed by atoms with Gasteiger partial charge < -0.3 is 36.8 Å². The molecule has 6 atom stereocenters. The van der Waals surface area contributed by atoms with Gasteiger partial charge in [0.2, 0.25) is 17.7 Å². The van der Waals surface area contributed by atoms with Crippen LogP contribution in [0.15, 0.2) is 54.6 Å². The van der Waals surface area contributed by atoms with Gasteiger partial charge in [0.05, 0.1) is 12.6 Å². The second-order valence-corrected chi connectivity index (χ2v) is 17.1. The van der Waals surface area contributed by atoms with Crippen LogP contribution in [0.2, 0.25) is 0 Å². The van der Waals surface area contributed by atoms with E-state index >= 15 is 0 Å². The predicted molar refractivity (Wildman–Crippen MR) is 204 cm³/mol. The number of hydrogen-bond donors (Lipinski definition) is 6. The highest BCUT2D eigenvalue weighted by molar-refractivity contribution is 7.98. The first-order valence-electron chi connectivity index (χ1n) is 18.6. The number of rotatable bonds is 16. The number of aromatic hydroxyl groups is 1. The Morgan fingerprint density at radius 2 is 1.47 bits per heavy atom. The maximum atomic E-state index is 14.3. The van der Waals surface area contributed by atoms with Gasteiger partial charge in [-0.2, -0.15) is 11.8 Å². The summed E-state index contributed by atoms with van der Waals surface area (Å²) in [6.45, 7) is 4.72. The molecule has 4 aliphatic carbocycles. The summed E-state index contributed by atoms with van der Waals surface area (Å²) in [5.41, 5.74) is 7.20. The quantitative estimate of drug-likeness (QED) is 0.149. The minimum atomic E-state index is -1.11. The van der Waals surface area contributed by atoms with Crippen molar-refractivity contribution in [2.24, 2.45) is 29.4 Å². The van der Waals surface area contributed by atoms with Gasteiger partial charge in [-0.25, -0.2) is 4.79 Å². The van der Waals surface area contributed by atoms with Gasteiger partial charge in [0.15, 0.2) is 5.78 Å². The molecule has 0 aromatic heterocycles. The third-order valence-corrected chi connectivity index (χ3v) is 11.3. The van der Waals surface area contributed by atoms with Gasteiger partial charge in [0.25, 0.3) is 0 Å². The summed E-state index contributed by atoms with van der Waals surface area (Å²) in [5, 5.41) is 20.7. The zero-order valence-electron chi connectivity index (χ0n) is 31.2. The Kier molecular flexibility index (Phi) is 13.1. The van der Waals surface area contributed by atoms with Gasteiger partial charge in [0.1, 0.15) is 23.4 Å². The number of benzene rings is 2. The molecule has 0 spiro atoms. The number of phenols is 1. The van der Waals surface area contributed by atoms with Crippen molar-refractivity contribution in [2.75, 3.05) is 18.6 Å². The largest absolute Gasteiger partial charge is 0.508 e. The van der Waals surface area contributed by atoms with E-state index in [0.717, 1.165) is 31.2 Å². The standard InChI is InChI=1S/C40H55N5O7S/c1-39(2,3)52-38(51)45-32(20-25-10-12-29(46)13-11-25)37(50)44-30(14-15-53-4)36(49)42-23-33(47)43-31(19-24-8-6-5-7-9-24)35(48)34-28-17-26-16-27(18-28)22-40(34,41)21-26/h5-13,26-28,30-32,34,46H,14-23,41H2,1-4H3,(H,42,49)(H,43,47)(H,44,50)(H,45,51)/t26?,27?,28?,30-,31+,32+,34?,40?/m1/s1. The Hall–Kier alpha value is -4.10. The number of ketones is 1. The molecular weight excluding hydrogens is 695 g/mol. The first-order chi connectivity index (χ1) is 25.1. The maximum absolute atomic E-state index is 14.3. The van der Waals surface area contributed by atoms with Crippen molar-refractivity contribution in [3.05, 3.63) is 65.7 Å². The number of alkyl carbamates (subject to hydrolysis) is 1. The van der Waals surface area contributed by atoms with E-state index in [4.69, 9.17) is 10.5 Å². The number of hydrogen-bond acceptors (Lipinski definition) is 9. The first-order valence-corrected chi connectivity index (χ1v) is 20.0. The number of amides is 4. The van der Waals surface area contributed by atoms with E-state index in [1.807, 2.05) is 36.6 Å². The Bertz CT molecular complexity index is 1600. The smallest absolute Gasteiger partial charge is 0.408 e. The summed E-state index contributed by atoms with van der Waals surface area (Å²) >= 11 is 1.49. The topological polar surface area (TPSA) is 189 Å². The number of phenolic OH excluding ortho intramolecular Hbond substituents is 1. The number of carbonyl (C=O) groups excluding carboxylic acids is 5. The van der Waals surface area contributed by atoms with Gasteiger partial charge in [-0.1, -0.05) is 42.5 Å². The lowest BCUT2D eigenvalue weighted by Gasteiger charge is -2.59. The van der Waals surface area contributed by atoms with Crippen molar-refractivity contribution in [3.63, 3.8) is 0 Å². The molecule has 4 saturated carbocycles. The molecule has 3 unspecified atom stereocenters. The molecule has 2 aromatic carbocycles. The van der Waals surface area contributed by atoms with Gasteiger partial charge in [-0.3, -0.25) is 19.2 Å². The van der Waals surface area contributed by atoms with Gasteiger partial charge in [-0.15, -0.1) is 0 Å². The molecule has 288 valence electrons. The Balaban J connectivity index is 1.25. The second-order valence-electron chi connectivity index (χ2n) is 16.2. The highest BCUT2D eigenvalue weighted by Crippen LogP contribution is 2.58. The van der Waals surface area contributed by atoms with Crippen LogP contribution in [0, 0.1) is 23.7 Å². The summed E-state index contributed by atoms with van der Waals surface area (Å²) in [7, 11) is 0. The molecular formula is C40H55N5O7S. The highest BCUT2D eigenvalue weighted by atomic mass is 32.2. The van der Waals surface area contributed by atoms with Gasteiger partial charge >= 0.3 is 6.09 Å². The lowest BCUT2D eigenvalue weighted by molar-refractivity contribution is -0.142. The summed E-state index contributed by atoms with van der Waals surface area (Å²) < 4.78 is 5.39. The molecule has 4 aliphatic rings. The fourth-order valence-electron chi connectivity index (χ4n) is 8.75. The number of nitrogens with one attached hydrogen (secondary N) is 4. The Labute approximate surface area is 316 Å². The van der Waals surface area contributed by atoms with Crippen molar-refractivity contribution in [1.82, 2.24) is 21.3 Å². The van der Waals surface area contributed by atoms with Gasteiger partial charge in [-0.05, 0) is 119 Å². The summed E-state index contributed by atoms with van der Waals surface area (Å²) in [6, 6.07) is 12.8. The number of thioether (sulfide) groups is 1. The van der Waals surface area contributed by atoms with E-state index in [1.54, 1.807) is 32.9 Å². The normalized spacial score (nSPS) is 24.7. The number of Topliss-reactive ketones (excluding diaryl/α,β-unsaturated/α-hetero) is 1. The first kappa shape index (κ1) is 40.1. The Morgan fingerprint density at radius 3 is 2.08 bits per heavy atom. The maximum Gasteiger partial charge on any atom is 0.408 e. The van der Waals surface area contributed by atoms with E-state index in [1.165, 1.54) is 30.3 Å². The summed E-state index contributed by atoms with van der Waals surface area (Å²) in [5.74, 6) is -0.136. The second kappa shape index (κ2) is 17.4. The van der Waals surface area contributed by atoms with Gasteiger partial charge in [0, 0.05) is 17.9 Å². The molecule has 7 N–H and O–H groups in total. The van der Waals surface area contributed by atoms with Crippen LogP contribution in [-0.4, -0.2) is 82.5 Å². The molecule has 0 aliphatic heterocycles. The lowest BCUT2D eigenvalue weighted by atomic mass is 9.47. The molecule has 13 heteroatoms.